The maximum Gasteiger partial charge on any atom is -0.0354 e. The highest BCUT2D eigenvalue weighted by molar-refractivity contribution is 4.72. The molecule has 0 heteroatoms. The van der Waals surface area contributed by atoms with E-state index in [-0.39, 0.29) is 7.43 Å². The largest absolute Gasteiger partial charge is 0.0776 e. The Kier molecular flexibility index (Phi) is 17.3. The van der Waals surface area contributed by atoms with Gasteiger partial charge in [-0.2, -0.15) is 0 Å². The molecule has 0 heterocycles. The van der Waals surface area contributed by atoms with Gasteiger partial charge in [-0.3, -0.25) is 0 Å². The van der Waals surface area contributed by atoms with Gasteiger partial charge in [0.05, 0.1) is 0 Å². The van der Waals surface area contributed by atoms with Gasteiger partial charge in [0.15, 0.2) is 0 Å². The summed E-state index contributed by atoms with van der Waals surface area (Å²) in [5.41, 5.74) is 0.679. The van der Waals surface area contributed by atoms with Crippen LogP contribution in [0.15, 0.2) is 0 Å². The molecule has 1 saturated carbocycles. The van der Waals surface area contributed by atoms with Crippen molar-refractivity contribution >= 4 is 0 Å². The van der Waals surface area contributed by atoms with E-state index in [0.717, 1.165) is 0 Å². The number of hydrogen-bond acceptors (Lipinski definition) is 0. The van der Waals surface area contributed by atoms with Gasteiger partial charge in [-0.25, -0.2) is 0 Å². The summed E-state index contributed by atoms with van der Waals surface area (Å²) in [6, 6.07) is 0. The van der Waals surface area contributed by atoms with E-state index < -0.39 is 0 Å². The zero-order valence-corrected chi connectivity index (χ0v) is 10.0. The summed E-state index contributed by atoms with van der Waals surface area (Å²) in [5, 5.41) is 0. The van der Waals surface area contributed by atoms with Crippen LogP contribution in [-0.2, 0) is 0 Å². The zero-order valence-electron chi connectivity index (χ0n) is 10.0. The first kappa shape index (κ1) is 18.7. The van der Waals surface area contributed by atoms with E-state index in [2.05, 4.69) is 13.8 Å². The van der Waals surface area contributed by atoms with E-state index in [1.165, 1.54) is 32.1 Å². The second-order valence-electron chi connectivity index (χ2n) is 3.72. The highest BCUT2D eigenvalue weighted by Gasteiger charge is 2.19. The fraction of sp³-hybridized carbons (Fsp3) is 1.00. The third kappa shape index (κ3) is 12.0. The van der Waals surface area contributed by atoms with E-state index in [1.807, 2.05) is 27.7 Å². The standard InChI is InChI=1S/C8H16.2C2H6.CH4/c1-8(2)6-4-3-5-7-8;2*1-2;/h3-7H2,1-2H3;2*1-2H3;1H4. The topological polar surface area (TPSA) is 0 Å². The van der Waals surface area contributed by atoms with Crippen LogP contribution in [-0.4, -0.2) is 0 Å². The summed E-state index contributed by atoms with van der Waals surface area (Å²) in [6.45, 7) is 12.8. The van der Waals surface area contributed by atoms with Crippen LogP contribution in [0.1, 0.15) is 81.1 Å². The van der Waals surface area contributed by atoms with Crippen LogP contribution in [0, 0.1) is 5.41 Å². The van der Waals surface area contributed by atoms with Gasteiger partial charge in [0.2, 0.25) is 0 Å². The molecule has 1 aliphatic rings. The molecule has 1 rings (SSSR count). The Morgan fingerprint density at radius 2 is 1.00 bits per heavy atom. The molecule has 84 valence electrons. The Morgan fingerprint density at radius 1 is 0.692 bits per heavy atom. The van der Waals surface area contributed by atoms with E-state index in [1.54, 1.807) is 0 Å². The van der Waals surface area contributed by atoms with Gasteiger partial charge in [0, 0.05) is 0 Å². The van der Waals surface area contributed by atoms with Crippen molar-refractivity contribution in [1.29, 1.82) is 0 Å². The Labute approximate surface area is 87.1 Å². The van der Waals surface area contributed by atoms with Crippen molar-refractivity contribution in [1.82, 2.24) is 0 Å². The second kappa shape index (κ2) is 12.0. The molecule has 0 atom stereocenters. The molecule has 0 radical (unpaired) electrons. The van der Waals surface area contributed by atoms with Crippen LogP contribution in [0.4, 0.5) is 0 Å². The van der Waals surface area contributed by atoms with E-state index >= 15 is 0 Å². The van der Waals surface area contributed by atoms with Gasteiger partial charge >= 0.3 is 0 Å². The minimum atomic E-state index is 0. The fourth-order valence-electron chi connectivity index (χ4n) is 1.51. The average Bonchev–Trinajstić information content (AvgIpc) is 2.11. The first-order chi connectivity index (χ1) is 5.71. The van der Waals surface area contributed by atoms with Gasteiger partial charge in [-0.1, -0.05) is 68.2 Å². The normalized spacial score (nSPS) is 18.0. The first-order valence-corrected chi connectivity index (χ1v) is 5.71. The molecule has 0 aromatic carbocycles. The fourth-order valence-corrected chi connectivity index (χ4v) is 1.51. The highest BCUT2D eigenvalue weighted by Crippen LogP contribution is 2.34. The lowest BCUT2D eigenvalue weighted by atomic mass is 9.78. The third-order valence-corrected chi connectivity index (χ3v) is 2.21. The summed E-state index contributed by atoms with van der Waals surface area (Å²) >= 11 is 0. The van der Waals surface area contributed by atoms with Crippen molar-refractivity contribution in [2.45, 2.75) is 81.1 Å². The molecule has 13 heavy (non-hydrogen) atoms. The summed E-state index contributed by atoms with van der Waals surface area (Å²) in [6.07, 6.45) is 7.31. The lowest BCUT2D eigenvalue weighted by Gasteiger charge is -2.28. The maximum absolute atomic E-state index is 2.38. The van der Waals surface area contributed by atoms with Crippen molar-refractivity contribution in [3.05, 3.63) is 0 Å². The van der Waals surface area contributed by atoms with Crippen LogP contribution >= 0.6 is 0 Å². The van der Waals surface area contributed by atoms with Gasteiger partial charge in [0.25, 0.3) is 0 Å². The van der Waals surface area contributed by atoms with Crippen molar-refractivity contribution < 1.29 is 0 Å². The van der Waals surface area contributed by atoms with Gasteiger partial charge < -0.3 is 0 Å². The third-order valence-electron chi connectivity index (χ3n) is 2.21. The Morgan fingerprint density at radius 3 is 1.15 bits per heavy atom. The molecular formula is C13H32. The molecule has 0 bridgehead atoms. The summed E-state index contributed by atoms with van der Waals surface area (Å²) in [4.78, 5) is 0. The average molecular weight is 188 g/mol. The van der Waals surface area contributed by atoms with Crippen LogP contribution in [0.25, 0.3) is 0 Å². The predicted molar refractivity (Wildman–Crippen MR) is 66.3 cm³/mol. The molecule has 0 aliphatic heterocycles. The molecule has 0 amide bonds. The predicted octanol–water partition coefficient (Wildman–Crippen LogP) is 5.67. The van der Waals surface area contributed by atoms with Crippen LogP contribution < -0.4 is 0 Å². The second-order valence-corrected chi connectivity index (χ2v) is 3.72. The molecule has 0 spiro atoms. The molecule has 0 aromatic rings. The minimum Gasteiger partial charge on any atom is -0.0776 e. The maximum atomic E-state index is 2.38. The SMILES string of the molecule is C.CC.CC.CC1(C)CCCCC1. The first-order valence-electron chi connectivity index (χ1n) is 5.71. The highest BCUT2D eigenvalue weighted by atomic mass is 14.3. The van der Waals surface area contributed by atoms with Crippen LogP contribution in [0.5, 0.6) is 0 Å². The monoisotopic (exact) mass is 188 g/mol. The van der Waals surface area contributed by atoms with E-state index in [0.29, 0.717) is 5.41 Å². The molecule has 0 unspecified atom stereocenters. The van der Waals surface area contributed by atoms with Crippen LogP contribution in [0.3, 0.4) is 0 Å². The smallest absolute Gasteiger partial charge is 0.0354 e. The Balaban J connectivity index is -0.000000178. The Hall–Kier alpha value is 0. The molecular weight excluding hydrogens is 156 g/mol. The molecule has 1 fully saturated rings. The zero-order chi connectivity index (χ0) is 10.0. The van der Waals surface area contributed by atoms with Gasteiger partial charge in [0.1, 0.15) is 0 Å². The lowest BCUT2D eigenvalue weighted by Crippen LogP contribution is -2.14. The van der Waals surface area contributed by atoms with Gasteiger partial charge in [-0.05, 0) is 18.3 Å². The molecule has 0 nitrogen and oxygen atoms in total. The minimum absolute atomic E-state index is 0. The molecule has 0 N–H and O–H groups in total. The van der Waals surface area contributed by atoms with Crippen LogP contribution in [0.2, 0.25) is 0 Å². The van der Waals surface area contributed by atoms with E-state index in [4.69, 9.17) is 0 Å². The van der Waals surface area contributed by atoms with Crippen molar-refractivity contribution in [3.8, 4) is 0 Å². The quantitative estimate of drug-likeness (QED) is 0.460. The van der Waals surface area contributed by atoms with E-state index in [9.17, 15) is 0 Å². The summed E-state index contributed by atoms with van der Waals surface area (Å²) in [5.74, 6) is 0. The van der Waals surface area contributed by atoms with Crippen molar-refractivity contribution in [2.24, 2.45) is 5.41 Å². The molecule has 0 saturated heterocycles. The summed E-state index contributed by atoms with van der Waals surface area (Å²) < 4.78 is 0. The summed E-state index contributed by atoms with van der Waals surface area (Å²) in [7, 11) is 0. The van der Waals surface area contributed by atoms with Crippen molar-refractivity contribution in [3.63, 3.8) is 0 Å². The number of hydrogen-bond donors (Lipinski definition) is 0. The number of rotatable bonds is 0. The molecule has 1 aliphatic carbocycles. The van der Waals surface area contributed by atoms with Gasteiger partial charge in [-0.15, -0.1) is 0 Å². The molecule has 0 aromatic heterocycles. The lowest BCUT2D eigenvalue weighted by molar-refractivity contribution is 0.244. The van der Waals surface area contributed by atoms with Crippen molar-refractivity contribution in [2.75, 3.05) is 0 Å². The Bertz CT molecular complexity index is 64.1.